The number of nitrogens with zero attached hydrogens (tertiary/aromatic N) is 3. The van der Waals surface area contributed by atoms with Crippen molar-refractivity contribution in [2.24, 2.45) is 0 Å². The largest absolute Gasteiger partial charge is 0.362 e. The molecule has 86 valence electrons. The molecule has 0 radical (unpaired) electrons. The third-order valence-corrected chi connectivity index (χ3v) is 3.20. The fourth-order valence-corrected chi connectivity index (χ4v) is 2.48. The fraction of sp³-hybridized carbons (Fsp3) is 0.455. The van der Waals surface area contributed by atoms with Gasteiger partial charge in [0, 0.05) is 25.5 Å². The number of thiophene rings is 1. The van der Waals surface area contributed by atoms with Gasteiger partial charge in [-0.2, -0.15) is 4.98 Å². The molecule has 0 saturated heterocycles. The van der Waals surface area contributed by atoms with Crippen LogP contribution in [-0.2, 0) is 0 Å². The molecular formula is C11H16N4S. The number of aryl methyl sites for hydroxylation is 1. The molecule has 0 atom stereocenters. The summed E-state index contributed by atoms with van der Waals surface area (Å²) in [7, 11) is 4.01. The van der Waals surface area contributed by atoms with Crippen LogP contribution in [0.25, 0.3) is 10.2 Å². The van der Waals surface area contributed by atoms with E-state index in [-0.39, 0.29) is 0 Å². The molecule has 16 heavy (non-hydrogen) atoms. The van der Waals surface area contributed by atoms with E-state index in [1.54, 1.807) is 11.3 Å². The van der Waals surface area contributed by atoms with E-state index in [4.69, 9.17) is 0 Å². The summed E-state index contributed by atoms with van der Waals surface area (Å²) in [6.45, 7) is 4.98. The third-order valence-electron chi connectivity index (χ3n) is 2.25. The highest BCUT2D eigenvalue weighted by Gasteiger charge is 2.11. The molecule has 0 unspecified atom stereocenters. The maximum atomic E-state index is 4.51. The summed E-state index contributed by atoms with van der Waals surface area (Å²) < 4.78 is 0. The lowest BCUT2D eigenvalue weighted by Gasteiger charge is -2.13. The van der Waals surface area contributed by atoms with Gasteiger partial charge in [0.05, 0.1) is 5.39 Å². The van der Waals surface area contributed by atoms with Gasteiger partial charge in [-0.3, -0.25) is 0 Å². The monoisotopic (exact) mass is 236 g/mol. The van der Waals surface area contributed by atoms with E-state index in [2.05, 4.69) is 28.3 Å². The van der Waals surface area contributed by atoms with Crippen molar-refractivity contribution in [3.8, 4) is 0 Å². The summed E-state index contributed by atoms with van der Waals surface area (Å²) in [6, 6.07) is 2.14. The van der Waals surface area contributed by atoms with Gasteiger partial charge in [-0.25, -0.2) is 4.98 Å². The fourth-order valence-electron chi connectivity index (χ4n) is 1.60. The van der Waals surface area contributed by atoms with E-state index >= 15 is 0 Å². The molecule has 0 fully saturated rings. The first-order chi connectivity index (χ1) is 7.61. The Balaban J connectivity index is 2.63. The lowest BCUT2D eigenvalue weighted by atomic mass is 10.3. The number of rotatable bonds is 3. The SMILES string of the molecule is CCNc1nc(N(C)C)c2cc(C)sc2n1. The smallest absolute Gasteiger partial charge is 0.226 e. The number of fused-ring (bicyclic) bond motifs is 1. The van der Waals surface area contributed by atoms with Crippen molar-refractivity contribution >= 4 is 33.3 Å². The minimum Gasteiger partial charge on any atom is -0.362 e. The maximum Gasteiger partial charge on any atom is 0.226 e. The van der Waals surface area contributed by atoms with Gasteiger partial charge < -0.3 is 10.2 Å². The second-order valence-corrected chi connectivity index (χ2v) is 5.11. The van der Waals surface area contributed by atoms with Crippen LogP contribution in [0.2, 0.25) is 0 Å². The lowest BCUT2D eigenvalue weighted by molar-refractivity contribution is 1.04. The van der Waals surface area contributed by atoms with Crippen LogP contribution in [-0.4, -0.2) is 30.6 Å². The zero-order valence-electron chi connectivity index (χ0n) is 10.0. The number of hydrogen-bond acceptors (Lipinski definition) is 5. The minimum absolute atomic E-state index is 0.709. The van der Waals surface area contributed by atoms with Gasteiger partial charge in [-0.15, -0.1) is 11.3 Å². The van der Waals surface area contributed by atoms with Crippen LogP contribution in [0.5, 0.6) is 0 Å². The molecule has 0 saturated carbocycles. The molecule has 4 nitrogen and oxygen atoms in total. The Labute approximate surface area is 99.3 Å². The van der Waals surface area contributed by atoms with Crippen LogP contribution < -0.4 is 10.2 Å². The predicted octanol–water partition coefficient (Wildman–Crippen LogP) is 2.50. The Morgan fingerprint density at radius 2 is 2.12 bits per heavy atom. The first-order valence-corrected chi connectivity index (χ1v) is 6.13. The summed E-state index contributed by atoms with van der Waals surface area (Å²) >= 11 is 1.71. The number of aromatic nitrogens is 2. The number of anilines is 2. The van der Waals surface area contributed by atoms with Gasteiger partial charge in [0.25, 0.3) is 0 Å². The van der Waals surface area contributed by atoms with Gasteiger partial charge in [0.1, 0.15) is 10.6 Å². The highest BCUT2D eigenvalue weighted by atomic mass is 32.1. The molecule has 0 aromatic carbocycles. The quantitative estimate of drug-likeness (QED) is 0.889. The Hall–Kier alpha value is -1.36. The number of nitrogens with one attached hydrogen (secondary N) is 1. The maximum absolute atomic E-state index is 4.51. The Morgan fingerprint density at radius 1 is 1.38 bits per heavy atom. The normalized spacial score (nSPS) is 10.8. The van der Waals surface area contributed by atoms with Gasteiger partial charge >= 0.3 is 0 Å². The van der Waals surface area contributed by atoms with Crippen molar-refractivity contribution in [3.05, 3.63) is 10.9 Å². The first kappa shape index (κ1) is 11.1. The molecule has 2 heterocycles. The molecule has 2 aromatic heterocycles. The number of hydrogen-bond donors (Lipinski definition) is 1. The van der Waals surface area contributed by atoms with Crippen LogP contribution in [0.4, 0.5) is 11.8 Å². The van der Waals surface area contributed by atoms with E-state index in [9.17, 15) is 0 Å². The Morgan fingerprint density at radius 3 is 2.75 bits per heavy atom. The molecule has 0 spiro atoms. The average molecular weight is 236 g/mol. The van der Waals surface area contributed by atoms with Crippen molar-refractivity contribution in [2.75, 3.05) is 30.9 Å². The van der Waals surface area contributed by atoms with Gasteiger partial charge in [0.2, 0.25) is 5.95 Å². The van der Waals surface area contributed by atoms with Gasteiger partial charge in [-0.1, -0.05) is 0 Å². The zero-order valence-corrected chi connectivity index (χ0v) is 10.9. The lowest BCUT2D eigenvalue weighted by Crippen LogP contribution is -2.13. The molecule has 0 amide bonds. The molecule has 1 N–H and O–H groups in total. The molecule has 0 bridgehead atoms. The zero-order chi connectivity index (χ0) is 11.7. The van der Waals surface area contributed by atoms with Crippen LogP contribution >= 0.6 is 11.3 Å². The van der Waals surface area contributed by atoms with E-state index in [1.807, 2.05) is 25.9 Å². The topological polar surface area (TPSA) is 41.1 Å². The molecular weight excluding hydrogens is 220 g/mol. The van der Waals surface area contributed by atoms with Crippen molar-refractivity contribution in [1.82, 2.24) is 9.97 Å². The highest BCUT2D eigenvalue weighted by Crippen LogP contribution is 2.30. The van der Waals surface area contributed by atoms with Crippen molar-refractivity contribution in [3.63, 3.8) is 0 Å². The first-order valence-electron chi connectivity index (χ1n) is 5.31. The molecule has 5 heteroatoms. The predicted molar refractivity (Wildman–Crippen MR) is 70.6 cm³/mol. The van der Waals surface area contributed by atoms with E-state index in [0.717, 1.165) is 22.6 Å². The molecule has 0 aliphatic rings. The molecule has 2 aromatic rings. The van der Waals surface area contributed by atoms with E-state index in [1.165, 1.54) is 4.88 Å². The average Bonchev–Trinajstić information content (AvgIpc) is 2.57. The van der Waals surface area contributed by atoms with E-state index < -0.39 is 0 Å². The summed E-state index contributed by atoms with van der Waals surface area (Å²) in [5, 5.41) is 4.30. The molecule has 0 aliphatic carbocycles. The second-order valence-electron chi connectivity index (χ2n) is 3.87. The summed E-state index contributed by atoms with van der Waals surface area (Å²) in [6.07, 6.45) is 0. The van der Waals surface area contributed by atoms with Crippen LogP contribution in [0.15, 0.2) is 6.07 Å². The Kier molecular flexibility index (Phi) is 2.96. The van der Waals surface area contributed by atoms with Gasteiger partial charge in [-0.05, 0) is 19.9 Å². The summed E-state index contributed by atoms with van der Waals surface area (Å²) in [5.74, 6) is 1.69. The minimum atomic E-state index is 0.709. The van der Waals surface area contributed by atoms with Crippen LogP contribution in [0.3, 0.4) is 0 Å². The molecule has 0 aliphatic heterocycles. The van der Waals surface area contributed by atoms with Crippen LogP contribution in [0, 0.1) is 6.92 Å². The summed E-state index contributed by atoms with van der Waals surface area (Å²) in [5.41, 5.74) is 0. The van der Waals surface area contributed by atoms with Crippen LogP contribution in [0.1, 0.15) is 11.8 Å². The summed E-state index contributed by atoms with van der Waals surface area (Å²) in [4.78, 5) is 13.4. The standard InChI is InChI=1S/C11H16N4S/c1-5-12-11-13-9(15(3)4)8-6-7(2)16-10(8)14-11/h6H,5H2,1-4H3,(H,12,13,14). The Bertz CT molecular complexity index is 504. The third kappa shape index (κ3) is 1.95. The van der Waals surface area contributed by atoms with Crippen molar-refractivity contribution in [1.29, 1.82) is 0 Å². The van der Waals surface area contributed by atoms with Gasteiger partial charge in [0.15, 0.2) is 0 Å². The second kappa shape index (κ2) is 4.25. The van der Waals surface area contributed by atoms with Crippen molar-refractivity contribution in [2.45, 2.75) is 13.8 Å². The highest BCUT2D eigenvalue weighted by molar-refractivity contribution is 7.18. The van der Waals surface area contributed by atoms with Crippen molar-refractivity contribution < 1.29 is 0 Å². The molecule has 2 rings (SSSR count). The van der Waals surface area contributed by atoms with E-state index in [0.29, 0.717) is 5.95 Å².